The molecule has 11 heteroatoms. The van der Waals surface area contributed by atoms with E-state index in [1.54, 1.807) is 49.5 Å². The summed E-state index contributed by atoms with van der Waals surface area (Å²) >= 11 is 0. The number of rotatable bonds is 9. The lowest BCUT2D eigenvalue weighted by atomic mass is 10.1. The van der Waals surface area contributed by atoms with Crippen LogP contribution in [0.2, 0.25) is 0 Å². The zero-order valence-corrected chi connectivity index (χ0v) is 18.6. The molecule has 0 atom stereocenters. The van der Waals surface area contributed by atoms with Gasteiger partial charge >= 0.3 is 5.91 Å². The van der Waals surface area contributed by atoms with E-state index in [0.717, 1.165) is 0 Å². The van der Waals surface area contributed by atoms with Gasteiger partial charge in [0.05, 0.1) is 32.8 Å². The molecule has 2 aromatic carbocycles. The van der Waals surface area contributed by atoms with Crippen LogP contribution in [-0.2, 0) is 9.53 Å². The van der Waals surface area contributed by atoms with Crippen molar-refractivity contribution < 1.29 is 19.0 Å². The molecule has 0 fully saturated rings. The molecule has 33 heavy (non-hydrogen) atoms. The minimum atomic E-state index is -0.743. The third-order valence-electron chi connectivity index (χ3n) is 4.32. The fourth-order valence-corrected chi connectivity index (χ4v) is 2.62. The molecular formula is C22H27N7O4. The smallest absolute Gasteiger partial charge is 0.306 e. The number of nitrogens with one attached hydrogen (secondary N) is 4. The zero-order chi connectivity index (χ0) is 24.2. The van der Waals surface area contributed by atoms with Crippen molar-refractivity contribution >= 4 is 35.6 Å². The molecule has 1 amide bonds. The summed E-state index contributed by atoms with van der Waals surface area (Å²) in [4.78, 5) is 20.1. The number of benzene rings is 2. The number of nitrogens with zero attached hydrogens (tertiary/aromatic N) is 2. The first-order chi connectivity index (χ1) is 15.9. The largest absolute Gasteiger partial charge is 0.493 e. The predicted octanol–water partition coefficient (Wildman–Crippen LogP) is 1.61. The van der Waals surface area contributed by atoms with Crippen molar-refractivity contribution in [1.82, 2.24) is 5.32 Å². The van der Waals surface area contributed by atoms with Crippen LogP contribution in [0.1, 0.15) is 11.1 Å². The Morgan fingerprint density at radius 3 is 2.42 bits per heavy atom. The summed E-state index contributed by atoms with van der Waals surface area (Å²) < 4.78 is 15.6. The summed E-state index contributed by atoms with van der Waals surface area (Å²) in [5.74, 6) is -0.372. The number of ether oxygens (including phenoxy) is 3. The van der Waals surface area contributed by atoms with E-state index in [1.807, 2.05) is 0 Å². The standard InChI is InChI=1S/C22H27N7O4/c1-26-19(23)15-11-17(31-2)18(32-3)12-16(15)29-13-27-9-10-28-22(30)21(25)33-20(24)14-7-5-4-6-8-14/h4-8,11-13,24-25H,9-10H2,1-3H3,(H2,23,26)(H,27,29)(H,28,30). The van der Waals surface area contributed by atoms with Crippen molar-refractivity contribution in [1.29, 1.82) is 10.8 Å². The van der Waals surface area contributed by atoms with Gasteiger partial charge in [0.2, 0.25) is 5.90 Å². The molecule has 0 saturated carbocycles. The molecule has 6 N–H and O–H groups in total. The Morgan fingerprint density at radius 1 is 1.12 bits per heavy atom. The van der Waals surface area contributed by atoms with Gasteiger partial charge in [0.15, 0.2) is 11.5 Å². The Kier molecular flexibility index (Phi) is 9.37. The molecule has 11 nitrogen and oxygen atoms in total. The Morgan fingerprint density at radius 2 is 1.79 bits per heavy atom. The maximum absolute atomic E-state index is 12.0. The summed E-state index contributed by atoms with van der Waals surface area (Å²) in [6.07, 6.45) is 1.45. The quantitative estimate of drug-likeness (QED) is 0.220. The number of carbonyl (C=O) groups excluding carboxylic acids is 1. The molecule has 174 valence electrons. The van der Waals surface area contributed by atoms with Crippen molar-refractivity contribution in [3.8, 4) is 11.5 Å². The molecule has 0 unspecified atom stereocenters. The average Bonchev–Trinajstić information content (AvgIpc) is 2.85. The summed E-state index contributed by atoms with van der Waals surface area (Å²) in [5, 5.41) is 21.0. The monoisotopic (exact) mass is 453 g/mol. The molecule has 0 spiro atoms. The average molecular weight is 454 g/mol. The molecule has 0 bridgehead atoms. The number of aliphatic imine (C=N–C) groups is 2. The van der Waals surface area contributed by atoms with Crippen molar-refractivity contribution in [2.24, 2.45) is 15.7 Å². The zero-order valence-electron chi connectivity index (χ0n) is 18.6. The van der Waals surface area contributed by atoms with Crippen molar-refractivity contribution in [2.45, 2.75) is 0 Å². The van der Waals surface area contributed by atoms with Crippen molar-refractivity contribution in [3.05, 3.63) is 53.6 Å². The van der Waals surface area contributed by atoms with Crippen LogP contribution < -0.4 is 25.8 Å². The van der Waals surface area contributed by atoms with E-state index in [1.165, 1.54) is 20.6 Å². The first kappa shape index (κ1) is 24.9. The van der Waals surface area contributed by atoms with Gasteiger partial charge in [-0.1, -0.05) is 18.2 Å². The lowest BCUT2D eigenvalue weighted by molar-refractivity contribution is -0.115. The van der Waals surface area contributed by atoms with Gasteiger partial charge in [-0.15, -0.1) is 0 Å². The Bertz CT molecular complexity index is 1050. The van der Waals surface area contributed by atoms with Gasteiger partial charge in [-0.3, -0.25) is 25.6 Å². The third-order valence-corrected chi connectivity index (χ3v) is 4.32. The third kappa shape index (κ3) is 7.06. The fourth-order valence-electron chi connectivity index (χ4n) is 2.62. The molecule has 2 aromatic rings. The van der Waals surface area contributed by atoms with E-state index in [-0.39, 0.29) is 19.0 Å². The summed E-state index contributed by atoms with van der Waals surface area (Å²) in [5.41, 5.74) is 7.66. The number of carbonyl (C=O) groups is 1. The van der Waals surface area contributed by atoms with E-state index in [4.69, 9.17) is 30.8 Å². The first-order valence-electron chi connectivity index (χ1n) is 9.83. The van der Waals surface area contributed by atoms with Gasteiger partial charge in [0.25, 0.3) is 5.90 Å². The van der Waals surface area contributed by atoms with Crippen LogP contribution in [0.4, 0.5) is 5.69 Å². The lowest BCUT2D eigenvalue weighted by Crippen LogP contribution is -2.34. The van der Waals surface area contributed by atoms with Gasteiger partial charge < -0.3 is 30.6 Å². The molecule has 0 aliphatic heterocycles. The highest BCUT2D eigenvalue weighted by molar-refractivity contribution is 6.36. The lowest BCUT2D eigenvalue weighted by Gasteiger charge is -2.14. The summed E-state index contributed by atoms with van der Waals surface area (Å²) in [7, 11) is 4.63. The number of methoxy groups -OCH3 is 2. The number of hydrogen-bond donors (Lipinski definition) is 5. The van der Waals surface area contributed by atoms with Gasteiger partial charge in [0.1, 0.15) is 5.84 Å². The van der Waals surface area contributed by atoms with Gasteiger partial charge in [-0.05, 0) is 18.2 Å². The van der Waals surface area contributed by atoms with Crippen LogP contribution in [0, 0.1) is 10.8 Å². The molecule has 2 rings (SSSR count). The highest BCUT2D eigenvalue weighted by Gasteiger charge is 2.14. The summed E-state index contributed by atoms with van der Waals surface area (Å²) in [6.45, 7) is 0.404. The van der Waals surface area contributed by atoms with E-state index in [0.29, 0.717) is 34.1 Å². The highest BCUT2D eigenvalue weighted by atomic mass is 16.5. The molecule has 0 aliphatic carbocycles. The Hall–Kier alpha value is -4.41. The molecular weight excluding hydrogens is 426 g/mol. The molecule has 0 saturated heterocycles. The fraction of sp³-hybridized carbons (Fsp3) is 0.227. The van der Waals surface area contributed by atoms with E-state index in [2.05, 4.69) is 20.6 Å². The van der Waals surface area contributed by atoms with Crippen LogP contribution >= 0.6 is 0 Å². The summed E-state index contributed by atoms with van der Waals surface area (Å²) in [6, 6.07) is 12.0. The normalized spacial score (nSPS) is 11.1. The minimum Gasteiger partial charge on any atom is -0.493 e. The number of anilines is 1. The van der Waals surface area contributed by atoms with Crippen molar-refractivity contribution in [2.75, 3.05) is 39.7 Å². The van der Waals surface area contributed by atoms with E-state index < -0.39 is 11.8 Å². The van der Waals surface area contributed by atoms with Crippen LogP contribution in [0.3, 0.4) is 0 Å². The SMILES string of the molecule is CN=C(N)c1cc(OC)c(OC)cc1NC=NCCNC(=O)C(=N)OC(=N)c1ccccc1. The first-order valence-corrected chi connectivity index (χ1v) is 9.83. The van der Waals surface area contributed by atoms with Crippen LogP contribution in [-0.4, -0.2) is 64.2 Å². The van der Waals surface area contributed by atoms with Crippen LogP contribution in [0.15, 0.2) is 52.4 Å². The molecule has 0 aromatic heterocycles. The van der Waals surface area contributed by atoms with Gasteiger partial charge in [-0.25, -0.2) is 0 Å². The van der Waals surface area contributed by atoms with E-state index >= 15 is 0 Å². The number of nitrogens with two attached hydrogens (primary N) is 1. The van der Waals surface area contributed by atoms with E-state index in [9.17, 15) is 4.79 Å². The second-order valence-corrected chi connectivity index (χ2v) is 6.42. The maximum atomic E-state index is 12.0. The van der Waals surface area contributed by atoms with Gasteiger partial charge in [-0.2, -0.15) is 0 Å². The second kappa shape index (κ2) is 12.4. The maximum Gasteiger partial charge on any atom is 0.306 e. The highest BCUT2D eigenvalue weighted by Crippen LogP contribution is 2.33. The Labute approximate surface area is 191 Å². The predicted molar refractivity (Wildman–Crippen MR) is 128 cm³/mol. The second-order valence-electron chi connectivity index (χ2n) is 6.42. The number of amidine groups is 1. The molecule has 0 radical (unpaired) electrons. The van der Waals surface area contributed by atoms with Gasteiger partial charge in [0, 0.05) is 30.8 Å². The van der Waals surface area contributed by atoms with Crippen molar-refractivity contribution in [3.63, 3.8) is 0 Å². The molecule has 0 aliphatic rings. The van der Waals surface area contributed by atoms with Crippen LogP contribution in [0.5, 0.6) is 11.5 Å². The number of hydrogen-bond acceptors (Lipinski definition) is 8. The number of amides is 1. The molecule has 0 heterocycles. The topological polar surface area (TPSA) is 167 Å². The van der Waals surface area contributed by atoms with Crippen LogP contribution in [0.25, 0.3) is 0 Å². The Balaban J connectivity index is 1.87. The minimum absolute atomic E-state index is 0.165.